The van der Waals surface area contributed by atoms with Crippen LogP contribution >= 0.6 is 0 Å². The van der Waals surface area contributed by atoms with Crippen LogP contribution in [0.2, 0.25) is 0 Å². The van der Waals surface area contributed by atoms with Crippen LogP contribution in [0.1, 0.15) is 0 Å². The zero-order valence-electron chi connectivity index (χ0n) is 25.4. The minimum absolute atomic E-state index is 0.126. The topological polar surface area (TPSA) is 337 Å². The molecule has 4 aliphatic heterocycles. The molecule has 0 bridgehead atoms. The highest BCUT2D eigenvalue weighted by molar-refractivity contribution is 4.98. The summed E-state index contributed by atoms with van der Waals surface area (Å²) >= 11 is 0. The van der Waals surface area contributed by atoms with Gasteiger partial charge in [-0.05, 0) is 0 Å². The van der Waals surface area contributed by atoms with Crippen molar-refractivity contribution >= 4 is 0 Å². The second-order valence-electron chi connectivity index (χ2n) is 11.7. The summed E-state index contributed by atoms with van der Waals surface area (Å²) in [5.41, 5.74) is 0. The molecule has 0 unspecified atom stereocenters. The van der Waals surface area contributed by atoms with Crippen molar-refractivity contribution in [2.24, 2.45) is 0 Å². The average Bonchev–Trinajstić information content (AvgIpc) is 3.07. The largest absolute Gasteiger partial charge is 0.394 e. The first-order valence-electron chi connectivity index (χ1n) is 15.2. The molecule has 21 nitrogen and oxygen atoms in total. The minimum Gasteiger partial charge on any atom is -0.394 e. The normalized spacial score (nSPS) is 50.3. The van der Waals surface area contributed by atoms with Gasteiger partial charge in [0.25, 0.3) is 0 Å². The molecule has 4 heterocycles. The third kappa shape index (κ3) is 8.17. The lowest BCUT2D eigenvalue weighted by molar-refractivity contribution is -0.390. The molecule has 4 fully saturated rings. The van der Waals surface area contributed by atoms with Crippen LogP contribution in [0.15, 0.2) is 12.7 Å². The lowest BCUT2D eigenvalue weighted by atomic mass is 9.95. The smallest absolute Gasteiger partial charge is 0.187 e. The fourth-order valence-electron chi connectivity index (χ4n) is 5.89. The van der Waals surface area contributed by atoms with E-state index >= 15 is 0 Å². The molecule has 48 heavy (non-hydrogen) atoms. The molecule has 13 N–H and O–H groups in total. The Balaban J connectivity index is 1.54. The Morgan fingerprint density at radius 3 is 1.10 bits per heavy atom. The van der Waals surface area contributed by atoms with Gasteiger partial charge in [-0.1, -0.05) is 6.08 Å². The highest BCUT2D eigenvalue weighted by Crippen LogP contribution is 2.34. The molecule has 0 saturated carbocycles. The molecule has 4 saturated heterocycles. The zero-order valence-corrected chi connectivity index (χ0v) is 25.4. The van der Waals surface area contributed by atoms with Gasteiger partial charge in [-0.15, -0.1) is 6.58 Å². The molecule has 0 aromatic heterocycles. The predicted molar refractivity (Wildman–Crippen MR) is 148 cm³/mol. The summed E-state index contributed by atoms with van der Waals surface area (Å²) in [4.78, 5) is 0. The zero-order chi connectivity index (χ0) is 35.4. The summed E-state index contributed by atoms with van der Waals surface area (Å²) in [7, 11) is 0. The molecule has 0 radical (unpaired) electrons. The quantitative estimate of drug-likeness (QED) is 0.0791. The summed E-state index contributed by atoms with van der Waals surface area (Å²) in [5.74, 6) is 0. The van der Waals surface area contributed by atoms with Crippen LogP contribution in [0, 0.1) is 0 Å². The van der Waals surface area contributed by atoms with E-state index < -0.39 is 149 Å². The summed E-state index contributed by atoms with van der Waals surface area (Å²) in [6, 6.07) is 0. The Morgan fingerprint density at radius 1 is 0.438 bits per heavy atom. The third-order valence-corrected chi connectivity index (χ3v) is 8.59. The van der Waals surface area contributed by atoms with Crippen LogP contribution in [0.25, 0.3) is 0 Å². The van der Waals surface area contributed by atoms with Gasteiger partial charge in [0.05, 0.1) is 33.0 Å². The molecule has 0 spiro atoms. The molecule has 21 heteroatoms. The Kier molecular flexibility index (Phi) is 14.4. The van der Waals surface area contributed by atoms with Gasteiger partial charge < -0.3 is 104 Å². The molecular weight excluding hydrogens is 660 g/mol. The van der Waals surface area contributed by atoms with Crippen molar-refractivity contribution in [3.8, 4) is 0 Å². The van der Waals surface area contributed by atoms with Crippen molar-refractivity contribution < 1.29 is 104 Å². The van der Waals surface area contributed by atoms with Crippen molar-refractivity contribution in [1.82, 2.24) is 0 Å². The molecule has 4 aliphatic rings. The van der Waals surface area contributed by atoms with E-state index in [4.69, 9.17) is 37.9 Å². The van der Waals surface area contributed by atoms with Gasteiger partial charge in [-0.3, -0.25) is 0 Å². The maximum atomic E-state index is 11.2. The lowest BCUT2D eigenvalue weighted by Gasteiger charge is -2.49. The van der Waals surface area contributed by atoms with Crippen molar-refractivity contribution in [2.75, 3.05) is 33.0 Å². The summed E-state index contributed by atoms with van der Waals surface area (Å²) < 4.78 is 43.5. The van der Waals surface area contributed by atoms with Gasteiger partial charge in [0.15, 0.2) is 25.2 Å². The molecule has 280 valence electrons. The second-order valence-corrected chi connectivity index (χ2v) is 11.7. The van der Waals surface area contributed by atoms with Crippen LogP contribution in [0.5, 0.6) is 0 Å². The summed E-state index contributed by atoms with van der Waals surface area (Å²) in [6.45, 7) is 0.0305. The second kappa shape index (κ2) is 17.4. The van der Waals surface area contributed by atoms with Crippen LogP contribution in [-0.4, -0.2) is 222 Å². The van der Waals surface area contributed by atoms with Crippen molar-refractivity contribution in [3.63, 3.8) is 0 Å². The Morgan fingerprint density at radius 2 is 0.750 bits per heavy atom. The Hall–Kier alpha value is -1.10. The molecule has 20 atom stereocenters. The SMILES string of the molecule is C=CCO[C@@H]1[C@@H](O)[C@H](O[C@@H]2[C@@H](O)[C@H](O[C@@H]3[C@@H](O)[C@H](O[C@@H]4[C@@H](O)[C@H](O)O[C@H](CO)[C@H]4O)O[C@H](CO)[C@H]3O)O[C@H](CO)[C@H]2O)O[C@H](CO)[C@H]1O. The molecule has 0 aromatic rings. The van der Waals surface area contributed by atoms with Gasteiger partial charge in [-0.2, -0.15) is 0 Å². The van der Waals surface area contributed by atoms with E-state index in [1.54, 1.807) is 0 Å². The van der Waals surface area contributed by atoms with Crippen molar-refractivity contribution in [1.29, 1.82) is 0 Å². The van der Waals surface area contributed by atoms with E-state index in [0.29, 0.717) is 0 Å². The standard InChI is InChI=1S/C27H46O21/c1-2-3-41-20-12(32)9(5-29)43-25(17(20)37)47-22-14(34)11(7-31)45-27(19(22)39)48-23-15(35)10(6-30)44-26(18(23)38)46-21-13(33)8(4-28)42-24(40)16(21)36/h2,8-40H,1,3-7H2/t8-,9-,10-,11-,12-,13-,14-,15-,16-,17-,18-,19-,20+,21+,22+,23+,24-,25+,26+,27+/m1/s1. The Bertz CT molecular complexity index is 995. The lowest BCUT2D eigenvalue weighted by Crippen LogP contribution is -2.68. The first-order chi connectivity index (χ1) is 22.8. The molecule has 4 rings (SSSR count). The minimum atomic E-state index is -2.04. The van der Waals surface area contributed by atoms with Gasteiger partial charge >= 0.3 is 0 Å². The fourth-order valence-corrected chi connectivity index (χ4v) is 5.89. The van der Waals surface area contributed by atoms with E-state index in [1.165, 1.54) is 6.08 Å². The van der Waals surface area contributed by atoms with Gasteiger partial charge in [0.1, 0.15) is 97.7 Å². The van der Waals surface area contributed by atoms with Crippen LogP contribution in [-0.2, 0) is 37.9 Å². The number of aliphatic hydroxyl groups is 13. The fraction of sp³-hybridized carbons (Fsp3) is 0.926. The van der Waals surface area contributed by atoms with Crippen molar-refractivity contribution in [2.45, 2.75) is 123 Å². The third-order valence-electron chi connectivity index (χ3n) is 8.59. The van der Waals surface area contributed by atoms with Gasteiger partial charge in [-0.25, -0.2) is 0 Å². The molecule has 0 aromatic carbocycles. The average molecular weight is 707 g/mol. The van der Waals surface area contributed by atoms with Crippen molar-refractivity contribution in [3.05, 3.63) is 12.7 Å². The molecule has 0 aliphatic carbocycles. The number of hydrogen-bond acceptors (Lipinski definition) is 21. The van der Waals surface area contributed by atoms with Gasteiger partial charge in [0.2, 0.25) is 0 Å². The number of rotatable bonds is 13. The number of aliphatic hydroxyl groups excluding tert-OH is 13. The van der Waals surface area contributed by atoms with E-state index in [0.717, 1.165) is 0 Å². The van der Waals surface area contributed by atoms with Gasteiger partial charge in [0, 0.05) is 0 Å². The van der Waals surface area contributed by atoms with Crippen LogP contribution in [0.4, 0.5) is 0 Å². The summed E-state index contributed by atoms with van der Waals surface area (Å²) in [5, 5.41) is 135. The predicted octanol–water partition coefficient (Wildman–Crippen LogP) is -8.54. The van der Waals surface area contributed by atoms with E-state index in [9.17, 15) is 66.4 Å². The monoisotopic (exact) mass is 706 g/mol. The Labute approximate surface area is 273 Å². The maximum Gasteiger partial charge on any atom is 0.187 e. The highest BCUT2D eigenvalue weighted by atomic mass is 16.8. The number of hydrogen-bond donors (Lipinski definition) is 13. The highest BCUT2D eigenvalue weighted by Gasteiger charge is 2.55. The van der Waals surface area contributed by atoms with E-state index in [2.05, 4.69) is 6.58 Å². The first kappa shape index (κ1) is 39.7. The summed E-state index contributed by atoms with van der Waals surface area (Å²) in [6.07, 6.45) is -33.5. The van der Waals surface area contributed by atoms with Crippen LogP contribution in [0.3, 0.4) is 0 Å². The van der Waals surface area contributed by atoms with Crippen LogP contribution < -0.4 is 0 Å². The maximum absolute atomic E-state index is 11.2. The first-order valence-corrected chi connectivity index (χ1v) is 15.2. The van der Waals surface area contributed by atoms with E-state index in [1.807, 2.05) is 0 Å². The number of ether oxygens (including phenoxy) is 8. The van der Waals surface area contributed by atoms with E-state index in [-0.39, 0.29) is 6.61 Å². The molecular formula is C27H46O21. The molecule has 0 amide bonds.